The molecule has 6 rings (SSSR count). The molecule has 0 aliphatic carbocycles. The van der Waals surface area contributed by atoms with E-state index in [-0.39, 0.29) is 35.7 Å². The lowest BCUT2D eigenvalue weighted by atomic mass is 9.86. The van der Waals surface area contributed by atoms with Gasteiger partial charge in [-0.05, 0) is 45.2 Å². The van der Waals surface area contributed by atoms with Crippen LogP contribution >= 0.6 is 0 Å². The maximum absolute atomic E-state index is 14.0. The summed E-state index contributed by atoms with van der Waals surface area (Å²) in [5.74, 6) is 0.742. The lowest BCUT2D eigenvalue weighted by Crippen LogP contribution is -2.42. The largest absolute Gasteiger partial charge is 0.289 e. The summed E-state index contributed by atoms with van der Waals surface area (Å²) in [6, 6.07) is 35.9. The average Bonchev–Trinajstić information content (AvgIpc) is 3.54. The fraction of sp³-hybridized carbons (Fsp3) is 0.238. The van der Waals surface area contributed by atoms with E-state index < -0.39 is 0 Å². The molecule has 0 unspecified atom stereocenters. The van der Waals surface area contributed by atoms with Gasteiger partial charge in [0, 0.05) is 24.2 Å². The smallest absolute Gasteiger partial charge is 0.278 e. The predicted octanol–water partition coefficient (Wildman–Crippen LogP) is 8.24. The number of nitrogens with zero attached hydrogens (tertiary/aromatic N) is 4. The molecule has 0 saturated heterocycles. The van der Waals surface area contributed by atoms with E-state index in [1.807, 2.05) is 97.1 Å². The van der Waals surface area contributed by atoms with Crippen molar-refractivity contribution in [2.24, 2.45) is 9.98 Å². The Hall–Kier alpha value is -5.36. The minimum atomic E-state index is -0.200. The second-order valence-electron chi connectivity index (χ2n) is 14.3. The average molecular weight is 635 g/mol. The van der Waals surface area contributed by atoms with Gasteiger partial charge in [0.1, 0.15) is 23.1 Å². The maximum Gasteiger partial charge on any atom is 0.278 e. The van der Waals surface area contributed by atoms with Crippen molar-refractivity contribution in [2.45, 2.75) is 52.4 Å². The molecule has 48 heavy (non-hydrogen) atoms. The molecule has 2 aliphatic heterocycles. The van der Waals surface area contributed by atoms with Crippen LogP contribution in [-0.4, -0.2) is 46.4 Å². The summed E-state index contributed by atoms with van der Waals surface area (Å²) in [4.78, 5) is 41.1. The first kappa shape index (κ1) is 32.6. The Morgan fingerprint density at radius 1 is 0.500 bits per heavy atom. The highest BCUT2D eigenvalue weighted by molar-refractivity contribution is 6.21. The Kier molecular flexibility index (Phi) is 8.85. The third-order valence-corrected chi connectivity index (χ3v) is 8.66. The zero-order valence-electron chi connectivity index (χ0n) is 28.6. The fourth-order valence-corrected chi connectivity index (χ4v) is 5.81. The lowest BCUT2D eigenvalue weighted by Gasteiger charge is -2.25. The van der Waals surface area contributed by atoms with E-state index >= 15 is 0 Å². The molecular weight excluding hydrogens is 592 g/mol. The summed E-state index contributed by atoms with van der Waals surface area (Å²) in [6.07, 6.45) is 3.63. The zero-order valence-corrected chi connectivity index (χ0v) is 28.6. The summed E-state index contributed by atoms with van der Waals surface area (Å²) >= 11 is 0. The summed E-state index contributed by atoms with van der Waals surface area (Å²) in [5, 5.41) is 0. The number of carbonyl (C=O) groups excluding carboxylic acids is 2. The first-order valence-electron chi connectivity index (χ1n) is 16.4. The van der Waals surface area contributed by atoms with Crippen molar-refractivity contribution in [1.29, 1.82) is 0 Å². The van der Waals surface area contributed by atoms with E-state index in [0.717, 1.165) is 22.3 Å². The third-order valence-electron chi connectivity index (χ3n) is 8.66. The van der Waals surface area contributed by atoms with Crippen LogP contribution in [0.4, 0.5) is 0 Å². The molecule has 0 fully saturated rings. The number of aliphatic imine (C=N–C) groups is 2. The Morgan fingerprint density at radius 3 is 1.15 bits per heavy atom. The molecule has 0 atom stereocenters. The van der Waals surface area contributed by atoms with Crippen molar-refractivity contribution < 1.29 is 9.59 Å². The summed E-state index contributed by atoms with van der Waals surface area (Å²) in [6.45, 7) is 13.5. The Morgan fingerprint density at radius 2 is 0.833 bits per heavy atom. The number of benzene rings is 4. The van der Waals surface area contributed by atoms with Crippen molar-refractivity contribution in [3.63, 3.8) is 0 Å². The summed E-state index contributed by atoms with van der Waals surface area (Å²) < 4.78 is 0. The highest BCUT2D eigenvalue weighted by atomic mass is 16.2. The van der Waals surface area contributed by atoms with Crippen molar-refractivity contribution in [2.75, 3.05) is 13.1 Å². The van der Waals surface area contributed by atoms with E-state index in [1.165, 1.54) is 11.1 Å². The zero-order chi connectivity index (χ0) is 34.1. The van der Waals surface area contributed by atoms with Gasteiger partial charge in [-0.3, -0.25) is 19.4 Å². The lowest BCUT2D eigenvalue weighted by molar-refractivity contribution is -0.125. The van der Waals surface area contributed by atoms with Crippen LogP contribution in [0.3, 0.4) is 0 Å². The van der Waals surface area contributed by atoms with E-state index in [1.54, 1.807) is 9.80 Å². The molecule has 4 aromatic rings. The summed E-state index contributed by atoms with van der Waals surface area (Å²) in [5.41, 5.74) is 6.58. The molecule has 4 aromatic carbocycles. The van der Waals surface area contributed by atoms with Crippen LogP contribution in [0.1, 0.15) is 74.9 Å². The van der Waals surface area contributed by atoms with Gasteiger partial charge in [0.15, 0.2) is 0 Å². The highest BCUT2D eigenvalue weighted by Crippen LogP contribution is 2.28. The molecule has 0 radical (unpaired) electrons. The molecule has 0 N–H and O–H groups in total. The number of hydrogen-bond donors (Lipinski definition) is 0. The van der Waals surface area contributed by atoms with E-state index in [9.17, 15) is 9.59 Å². The van der Waals surface area contributed by atoms with Gasteiger partial charge in [-0.2, -0.15) is 0 Å². The van der Waals surface area contributed by atoms with Crippen LogP contribution in [0.5, 0.6) is 0 Å². The molecule has 2 amide bonds. The van der Waals surface area contributed by atoms with Crippen LogP contribution in [0, 0.1) is 0 Å². The van der Waals surface area contributed by atoms with Crippen molar-refractivity contribution in [3.8, 4) is 0 Å². The minimum absolute atomic E-state index is 0.00813. The Balaban J connectivity index is 1.34. The van der Waals surface area contributed by atoms with Crippen LogP contribution in [0.2, 0.25) is 0 Å². The van der Waals surface area contributed by atoms with Crippen molar-refractivity contribution in [3.05, 3.63) is 154 Å². The molecule has 6 heteroatoms. The standard InChI is InChI=1S/C42H42N4O2/c1-41(2,3)33-21-17-31(18-22-33)37-43-35(27-29-13-9-7-10-14-29)39(47)45(37)25-26-46-38(32-19-23-34(24-20-32)42(4,5)6)44-36(40(46)48)28-30-15-11-8-12-16-30/h7-24,27-28H,25-26H2,1-6H3/b35-27-,36-28+. The first-order valence-corrected chi connectivity index (χ1v) is 16.4. The van der Waals surface area contributed by atoms with Gasteiger partial charge < -0.3 is 0 Å². The van der Waals surface area contributed by atoms with Crippen molar-refractivity contribution in [1.82, 2.24) is 9.80 Å². The fourth-order valence-electron chi connectivity index (χ4n) is 5.81. The van der Waals surface area contributed by atoms with Gasteiger partial charge in [0.2, 0.25) is 0 Å². The molecule has 2 heterocycles. The highest BCUT2D eigenvalue weighted by Gasteiger charge is 2.35. The molecule has 0 bridgehead atoms. The minimum Gasteiger partial charge on any atom is -0.289 e. The van der Waals surface area contributed by atoms with E-state index in [2.05, 4.69) is 65.8 Å². The van der Waals surface area contributed by atoms with Crippen LogP contribution in [-0.2, 0) is 20.4 Å². The monoisotopic (exact) mass is 634 g/mol. The molecule has 242 valence electrons. The SMILES string of the molecule is CC(C)(C)c1ccc(C2=N/C(=C\c3ccccc3)C(=O)N2CCN2C(=O)/C(=C\c3ccccc3)N=C2c2ccc(C(C)(C)C)cc2)cc1. The predicted molar refractivity (Wildman–Crippen MR) is 196 cm³/mol. The van der Waals surface area contributed by atoms with Gasteiger partial charge in [-0.15, -0.1) is 0 Å². The van der Waals surface area contributed by atoms with Crippen LogP contribution in [0.15, 0.2) is 131 Å². The van der Waals surface area contributed by atoms with Gasteiger partial charge in [0.05, 0.1) is 0 Å². The molecule has 0 spiro atoms. The van der Waals surface area contributed by atoms with Gasteiger partial charge in [-0.25, -0.2) is 9.98 Å². The maximum atomic E-state index is 14.0. The first-order chi connectivity index (χ1) is 22.9. The third kappa shape index (κ3) is 6.98. The Labute approximate surface area is 283 Å². The van der Waals surface area contributed by atoms with Gasteiger partial charge >= 0.3 is 0 Å². The quantitative estimate of drug-likeness (QED) is 0.192. The second-order valence-corrected chi connectivity index (χ2v) is 14.3. The molecule has 6 nitrogen and oxygen atoms in total. The number of amidine groups is 2. The number of rotatable bonds is 7. The topological polar surface area (TPSA) is 65.3 Å². The second kappa shape index (κ2) is 13.0. The molecular formula is C42H42N4O2. The van der Waals surface area contributed by atoms with E-state index in [4.69, 9.17) is 9.98 Å². The van der Waals surface area contributed by atoms with Gasteiger partial charge in [0.25, 0.3) is 11.8 Å². The van der Waals surface area contributed by atoms with Crippen LogP contribution in [0.25, 0.3) is 12.2 Å². The number of hydrogen-bond acceptors (Lipinski definition) is 4. The van der Waals surface area contributed by atoms with Crippen LogP contribution < -0.4 is 0 Å². The molecule has 0 aromatic heterocycles. The summed E-state index contributed by atoms with van der Waals surface area (Å²) in [7, 11) is 0. The normalized spacial score (nSPS) is 17.0. The van der Waals surface area contributed by atoms with Gasteiger partial charge in [-0.1, -0.05) is 151 Å². The molecule has 0 saturated carbocycles. The molecule has 2 aliphatic rings. The van der Waals surface area contributed by atoms with Crippen molar-refractivity contribution >= 4 is 35.6 Å². The number of amides is 2. The number of carbonyl (C=O) groups is 2. The Bertz CT molecular complexity index is 1790. The van der Waals surface area contributed by atoms with E-state index in [0.29, 0.717) is 23.1 Å².